The highest BCUT2D eigenvalue weighted by atomic mass is 35.5. The normalized spacial score (nSPS) is 10.6. The van der Waals surface area contributed by atoms with E-state index >= 15 is 0 Å². The van der Waals surface area contributed by atoms with Gasteiger partial charge < -0.3 is 9.15 Å². The van der Waals surface area contributed by atoms with E-state index in [2.05, 4.69) is 15.5 Å². The standard InChI is InChI=1S/C13H14ClN3O3S/c1-19-7-6-12-16-17-13(20-12)15-11(18)8-21-10-4-2-9(14)3-5-10/h2-5H,6-8H2,1H3,(H,15,17,18). The number of hydrogen-bond acceptors (Lipinski definition) is 6. The Labute approximate surface area is 131 Å². The van der Waals surface area contributed by atoms with Crippen LogP contribution < -0.4 is 5.32 Å². The molecule has 21 heavy (non-hydrogen) atoms. The minimum atomic E-state index is -0.211. The number of thioether (sulfide) groups is 1. The Morgan fingerprint density at radius 1 is 1.38 bits per heavy atom. The third-order valence-corrected chi connectivity index (χ3v) is 3.68. The first kappa shape index (κ1) is 15.8. The van der Waals surface area contributed by atoms with Crippen molar-refractivity contribution in [1.82, 2.24) is 10.2 Å². The molecule has 2 aromatic rings. The lowest BCUT2D eigenvalue weighted by Gasteiger charge is -2.01. The zero-order valence-electron chi connectivity index (χ0n) is 11.3. The van der Waals surface area contributed by atoms with Gasteiger partial charge in [0.15, 0.2) is 0 Å². The molecule has 0 aliphatic rings. The zero-order valence-corrected chi connectivity index (χ0v) is 12.9. The number of carbonyl (C=O) groups excluding carboxylic acids is 1. The summed E-state index contributed by atoms with van der Waals surface area (Å²) in [6.45, 7) is 0.488. The molecule has 8 heteroatoms. The number of benzene rings is 1. The molecule has 0 spiro atoms. The summed E-state index contributed by atoms with van der Waals surface area (Å²) in [5, 5.41) is 10.8. The highest BCUT2D eigenvalue weighted by Gasteiger charge is 2.10. The minimum absolute atomic E-state index is 0.0998. The van der Waals surface area contributed by atoms with Crippen molar-refractivity contribution >= 4 is 35.3 Å². The van der Waals surface area contributed by atoms with Crippen LogP contribution in [0.2, 0.25) is 5.02 Å². The molecule has 0 aliphatic carbocycles. The Hall–Kier alpha value is -1.57. The Morgan fingerprint density at radius 3 is 2.86 bits per heavy atom. The second kappa shape index (κ2) is 8.02. The summed E-state index contributed by atoms with van der Waals surface area (Å²) in [5.74, 6) is 0.464. The smallest absolute Gasteiger partial charge is 0.322 e. The van der Waals surface area contributed by atoms with Gasteiger partial charge in [-0.1, -0.05) is 16.7 Å². The first-order valence-electron chi connectivity index (χ1n) is 6.17. The maximum absolute atomic E-state index is 11.8. The number of anilines is 1. The van der Waals surface area contributed by atoms with Gasteiger partial charge in [-0.05, 0) is 24.3 Å². The van der Waals surface area contributed by atoms with Crippen molar-refractivity contribution in [2.45, 2.75) is 11.3 Å². The highest BCUT2D eigenvalue weighted by Crippen LogP contribution is 2.20. The lowest BCUT2D eigenvalue weighted by atomic mass is 10.4. The van der Waals surface area contributed by atoms with Crippen molar-refractivity contribution in [2.24, 2.45) is 0 Å². The van der Waals surface area contributed by atoms with Gasteiger partial charge in [-0.3, -0.25) is 10.1 Å². The Balaban J connectivity index is 1.78. The Morgan fingerprint density at radius 2 is 2.14 bits per heavy atom. The number of halogens is 1. The monoisotopic (exact) mass is 327 g/mol. The maximum atomic E-state index is 11.8. The van der Waals surface area contributed by atoms with E-state index in [-0.39, 0.29) is 17.7 Å². The van der Waals surface area contributed by atoms with Gasteiger partial charge >= 0.3 is 6.01 Å². The van der Waals surface area contributed by atoms with Crippen LogP contribution in [0.15, 0.2) is 33.6 Å². The fraction of sp³-hybridized carbons (Fsp3) is 0.308. The van der Waals surface area contributed by atoms with E-state index in [4.69, 9.17) is 20.8 Å². The van der Waals surface area contributed by atoms with Gasteiger partial charge in [0.1, 0.15) is 0 Å². The molecule has 0 radical (unpaired) electrons. The molecule has 0 saturated carbocycles. The summed E-state index contributed by atoms with van der Waals surface area (Å²) in [7, 11) is 1.59. The number of nitrogens with zero attached hydrogens (tertiary/aromatic N) is 2. The minimum Gasteiger partial charge on any atom is -0.408 e. The van der Waals surface area contributed by atoms with Gasteiger partial charge in [0, 0.05) is 23.4 Å². The lowest BCUT2D eigenvalue weighted by molar-refractivity contribution is -0.113. The van der Waals surface area contributed by atoms with Crippen molar-refractivity contribution < 1.29 is 13.9 Å². The first-order valence-corrected chi connectivity index (χ1v) is 7.53. The molecule has 0 unspecified atom stereocenters. The number of ether oxygens (including phenoxy) is 1. The van der Waals surface area contributed by atoms with Crippen LogP contribution in [0.4, 0.5) is 6.01 Å². The molecule has 1 heterocycles. The van der Waals surface area contributed by atoms with Gasteiger partial charge in [-0.15, -0.1) is 16.9 Å². The van der Waals surface area contributed by atoms with E-state index in [9.17, 15) is 4.79 Å². The molecule has 1 aromatic heterocycles. The van der Waals surface area contributed by atoms with E-state index in [0.717, 1.165) is 4.90 Å². The van der Waals surface area contributed by atoms with Gasteiger partial charge in [-0.2, -0.15) is 0 Å². The quantitative estimate of drug-likeness (QED) is 0.788. The van der Waals surface area contributed by atoms with E-state index in [1.54, 1.807) is 19.2 Å². The van der Waals surface area contributed by atoms with E-state index in [1.807, 2.05) is 12.1 Å². The molecular weight excluding hydrogens is 314 g/mol. The molecule has 0 bridgehead atoms. The predicted molar refractivity (Wildman–Crippen MR) is 80.7 cm³/mol. The molecule has 0 saturated heterocycles. The second-order valence-electron chi connectivity index (χ2n) is 4.03. The summed E-state index contributed by atoms with van der Waals surface area (Å²) >= 11 is 7.19. The maximum Gasteiger partial charge on any atom is 0.322 e. The fourth-order valence-electron chi connectivity index (χ4n) is 1.43. The third kappa shape index (κ3) is 5.37. The molecule has 112 valence electrons. The molecule has 1 aromatic carbocycles. The van der Waals surface area contributed by atoms with Crippen LogP contribution in [0.1, 0.15) is 5.89 Å². The zero-order chi connectivity index (χ0) is 15.1. The van der Waals surface area contributed by atoms with Crippen LogP contribution in [-0.2, 0) is 16.0 Å². The molecule has 0 atom stereocenters. The SMILES string of the molecule is COCCc1nnc(NC(=O)CSc2ccc(Cl)cc2)o1. The molecule has 1 N–H and O–H groups in total. The number of nitrogens with one attached hydrogen (secondary N) is 1. The lowest BCUT2D eigenvalue weighted by Crippen LogP contribution is -2.14. The van der Waals surface area contributed by atoms with Crippen LogP contribution in [0.5, 0.6) is 0 Å². The van der Waals surface area contributed by atoms with Crippen LogP contribution in [0, 0.1) is 0 Å². The number of hydrogen-bond donors (Lipinski definition) is 1. The summed E-state index contributed by atoms with van der Waals surface area (Å²) < 4.78 is 10.2. The second-order valence-corrected chi connectivity index (χ2v) is 5.52. The predicted octanol–water partition coefficient (Wildman–Crippen LogP) is 2.64. The van der Waals surface area contributed by atoms with Crippen LogP contribution in [-0.4, -0.2) is 35.6 Å². The topological polar surface area (TPSA) is 77.3 Å². The Bertz CT molecular complexity index is 589. The Kier molecular flexibility index (Phi) is 6.04. The largest absolute Gasteiger partial charge is 0.408 e. The molecule has 0 aliphatic heterocycles. The average Bonchev–Trinajstić information content (AvgIpc) is 2.92. The van der Waals surface area contributed by atoms with Crippen LogP contribution in [0.25, 0.3) is 0 Å². The van der Waals surface area contributed by atoms with Crippen molar-refractivity contribution in [3.8, 4) is 0 Å². The van der Waals surface area contributed by atoms with Gasteiger partial charge in [0.05, 0.1) is 12.4 Å². The van der Waals surface area contributed by atoms with Gasteiger partial charge in [-0.25, -0.2) is 0 Å². The number of methoxy groups -OCH3 is 1. The van der Waals surface area contributed by atoms with Crippen LogP contribution >= 0.6 is 23.4 Å². The average molecular weight is 328 g/mol. The summed E-state index contributed by atoms with van der Waals surface area (Å²) in [6, 6.07) is 7.37. The molecular formula is C13H14ClN3O3S. The third-order valence-electron chi connectivity index (χ3n) is 2.42. The molecule has 6 nitrogen and oxygen atoms in total. The van der Waals surface area contributed by atoms with Crippen LogP contribution in [0.3, 0.4) is 0 Å². The number of aromatic nitrogens is 2. The fourth-order valence-corrected chi connectivity index (χ4v) is 2.25. The van der Waals surface area contributed by atoms with Crippen molar-refractivity contribution in [1.29, 1.82) is 0 Å². The van der Waals surface area contributed by atoms with E-state index in [1.165, 1.54) is 11.8 Å². The van der Waals surface area contributed by atoms with Gasteiger partial charge in [0.2, 0.25) is 11.8 Å². The summed E-state index contributed by atoms with van der Waals surface area (Å²) in [5.41, 5.74) is 0. The summed E-state index contributed by atoms with van der Waals surface area (Å²) in [6.07, 6.45) is 0.513. The molecule has 0 fully saturated rings. The molecule has 2 rings (SSSR count). The first-order chi connectivity index (χ1) is 10.2. The van der Waals surface area contributed by atoms with Crippen molar-refractivity contribution in [3.63, 3.8) is 0 Å². The van der Waals surface area contributed by atoms with Gasteiger partial charge in [0.25, 0.3) is 0 Å². The number of amides is 1. The molecule has 1 amide bonds. The number of rotatable bonds is 7. The van der Waals surface area contributed by atoms with E-state index < -0.39 is 0 Å². The van der Waals surface area contributed by atoms with Crippen molar-refractivity contribution in [2.75, 3.05) is 24.8 Å². The summed E-state index contributed by atoms with van der Waals surface area (Å²) in [4.78, 5) is 12.7. The highest BCUT2D eigenvalue weighted by molar-refractivity contribution is 8.00. The number of carbonyl (C=O) groups is 1. The van der Waals surface area contributed by atoms with Crippen molar-refractivity contribution in [3.05, 3.63) is 35.2 Å². The van der Waals surface area contributed by atoms with E-state index in [0.29, 0.717) is 23.9 Å².